The molecule has 0 bridgehead atoms. The van der Waals surface area contributed by atoms with E-state index in [0.717, 1.165) is 5.69 Å². The van der Waals surface area contributed by atoms with Gasteiger partial charge in [0.1, 0.15) is 17.2 Å². The molecule has 1 amide bonds. The summed E-state index contributed by atoms with van der Waals surface area (Å²) in [6.07, 6.45) is 1.78. The van der Waals surface area contributed by atoms with Crippen molar-refractivity contribution in [3.05, 3.63) is 53.0 Å². The van der Waals surface area contributed by atoms with Gasteiger partial charge in [-0.15, -0.1) is 5.10 Å². The normalized spacial score (nSPS) is 10.4. The summed E-state index contributed by atoms with van der Waals surface area (Å²) in [7, 11) is 1.58. The van der Waals surface area contributed by atoms with Gasteiger partial charge < -0.3 is 14.8 Å². The number of rotatable bonds is 7. The molecule has 1 aromatic carbocycles. The summed E-state index contributed by atoms with van der Waals surface area (Å²) < 4.78 is 12.2. The zero-order chi connectivity index (χ0) is 16.8. The molecule has 0 unspecified atom stereocenters. The minimum absolute atomic E-state index is 0.0775. The maximum absolute atomic E-state index is 11.9. The highest BCUT2D eigenvalue weighted by Gasteiger charge is 2.07. The smallest absolute Gasteiger partial charge is 0.258 e. The first-order valence-electron chi connectivity index (χ1n) is 7.22. The average Bonchev–Trinajstić information content (AvgIpc) is 3.29. The number of thiophene rings is 1. The number of hydrogen-bond acceptors (Lipinski definition) is 6. The standard InChI is InChI=1S/C16H16N4O3S/c1-22-14-3-2-4-15(7-14)23-10-16(21)17-8-12-9-20(19-18-12)13-5-6-24-11-13/h2-7,9,11H,8,10H2,1H3,(H,17,21). The number of carbonyl (C=O) groups excluding carboxylic acids is 1. The van der Waals surface area contributed by atoms with E-state index in [0.29, 0.717) is 23.7 Å². The largest absolute Gasteiger partial charge is 0.497 e. The van der Waals surface area contributed by atoms with E-state index in [1.807, 2.05) is 22.9 Å². The fourth-order valence-corrected chi connectivity index (χ4v) is 2.60. The molecule has 2 heterocycles. The molecular weight excluding hydrogens is 328 g/mol. The molecule has 0 radical (unpaired) electrons. The van der Waals surface area contributed by atoms with Crippen molar-refractivity contribution in [2.75, 3.05) is 13.7 Å². The lowest BCUT2D eigenvalue weighted by molar-refractivity contribution is -0.123. The number of ether oxygens (including phenoxy) is 2. The quantitative estimate of drug-likeness (QED) is 0.709. The van der Waals surface area contributed by atoms with Crippen molar-refractivity contribution in [3.8, 4) is 17.2 Å². The third-order valence-corrected chi connectivity index (χ3v) is 3.86. The summed E-state index contributed by atoms with van der Waals surface area (Å²) in [5, 5.41) is 14.7. The van der Waals surface area contributed by atoms with Crippen LogP contribution in [-0.2, 0) is 11.3 Å². The van der Waals surface area contributed by atoms with Crippen LogP contribution in [0, 0.1) is 0 Å². The first-order chi connectivity index (χ1) is 11.7. The van der Waals surface area contributed by atoms with E-state index in [-0.39, 0.29) is 12.5 Å². The van der Waals surface area contributed by atoms with Crippen LogP contribution in [0.1, 0.15) is 5.69 Å². The van der Waals surface area contributed by atoms with E-state index in [1.54, 1.807) is 47.5 Å². The van der Waals surface area contributed by atoms with Gasteiger partial charge in [0.05, 0.1) is 25.5 Å². The maximum atomic E-state index is 11.9. The molecule has 24 heavy (non-hydrogen) atoms. The van der Waals surface area contributed by atoms with Crippen LogP contribution in [0.3, 0.4) is 0 Å². The van der Waals surface area contributed by atoms with Crippen LogP contribution in [-0.4, -0.2) is 34.6 Å². The van der Waals surface area contributed by atoms with Gasteiger partial charge in [0.15, 0.2) is 6.61 Å². The Labute approximate surface area is 142 Å². The highest BCUT2D eigenvalue weighted by atomic mass is 32.1. The minimum atomic E-state index is -0.233. The van der Waals surface area contributed by atoms with Gasteiger partial charge in [-0.1, -0.05) is 11.3 Å². The van der Waals surface area contributed by atoms with Crippen molar-refractivity contribution < 1.29 is 14.3 Å². The summed E-state index contributed by atoms with van der Waals surface area (Å²) in [5.74, 6) is 1.02. The maximum Gasteiger partial charge on any atom is 0.258 e. The molecule has 3 rings (SSSR count). The number of amides is 1. The third kappa shape index (κ3) is 4.11. The predicted octanol–water partition coefficient (Wildman–Crippen LogP) is 2.03. The molecule has 0 aliphatic carbocycles. The van der Waals surface area contributed by atoms with Crippen LogP contribution in [0.5, 0.6) is 11.5 Å². The van der Waals surface area contributed by atoms with E-state index in [9.17, 15) is 4.79 Å². The number of hydrogen-bond donors (Lipinski definition) is 1. The second-order valence-electron chi connectivity index (χ2n) is 4.88. The topological polar surface area (TPSA) is 78.3 Å². The minimum Gasteiger partial charge on any atom is -0.497 e. The van der Waals surface area contributed by atoms with Crippen LogP contribution in [0.15, 0.2) is 47.3 Å². The van der Waals surface area contributed by atoms with Gasteiger partial charge >= 0.3 is 0 Å². The lowest BCUT2D eigenvalue weighted by Crippen LogP contribution is -2.28. The van der Waals surface area contributed by atoms with Crippen LogP contribution >= 0.6 is 11.3 Å². The Morgan fingerprint density at radius 2 is 2.21 bits per heavy atom. The molecule has 0 saturated heterocycles. The number of benzene rings is 1. The van der Waals surface area contributed by atoms with Gasteiger partial charge in [-0.2, -0.15) is 11.3 Å². The van der Waals surface area contributed by atoms with Crippen molar-refractivity contribution >= 4 is 17.2 Å². The first kappa shape index (κ1) is 16.0. The van der Waals surface area contributed by atoms with Crippen LogP contribution in [0.25, 0.3) is 5.69 Å². The lowest BCUT2D eigenvalue weighted by Gasteiger charge is -2.07. The second-order valence-corrected chi connectivity index (χ2v) is 5.66. The summed E-state index contributed by atoms with van der Waals surface area (Å²) in [4.78, 5) is 11.9. The van der Waals surface area contributed by atoms with E-state index >= 15 is 0 Å². The fraction of sp³-hybridized carbons (Fsp3) is 0.188. The van der Waals surface area contributed by atoms with E-state index in [2.05, 4.69) is 15.6 Å². The predicted molar refractivity (Wildman–Crippen MR) is 89.6 cm³/mol. The number of nitrogens with zero attached hydrogens (tertiary/aromatic N) is 3. The molecule has 8 heteroatoms. The molecule has 0 fully saturated rings. The Balaban J connectivity index is 1.47. The van der Waals surface area contributed by atoms with Crippen molar-refractivity contribution in [3.63, 3.8) is 0 Å². The van der Waals surface area contributed by atoms with Crippen molar-refractivity contribution in [1.82, 2.24) is 20.3 Å². The zero-order valence-corrected chi connectivity index (χ0v) is 13.8. The van der Waals surface area contributed by atoms with Gasteiger partial charge in [0, 0.05) is 11.4 Å². The fourth-order valence-electron chi connectivity index (χ4n) is 1.97. The van der Waals surface area contributed by atoms with Gasteiger partial charge in [-0.05, 0) is 23.6 Å². The van der Waals surface area contributed by atoms with Crippen molar-refractivity contribution in [2.45, 2.75) is 6.54 Å². The van der Waals surface area contributed by atoms with E-state index in [4.69, 9.17) is 9.47 Å². The molecule has 0 spiro atoms. The summed E-state index contributed by atoms with van der Waals surface area (Å²) >= 11 is 1.59. The number of carbonyl (C=O) groups is 1. The molecule has 1 N–H and O–H groups in total. The molecule has 7 nitrogen and oxygen atoms in total. The summed E-state index contributed by atoms with van der Waals surface area (Å²) in [6, 6.07) is 9.05. The van der Waals surface area contributed by atoms with Gasteiger partial charge in [0.25, 0.3) is 5.91 Å². The summed E-state index contributed by atoms with van der Waals surface area (Å²) in [6.45, 7) is 0.219. The van der Waals surface area contributed by atoms with Crippen LogP contribution < -0.4 is 14.8 Å². The Morgan fingerprint density at radius 1 is 1.33 bits per heavy atom. The Kier molecular flexibility index (Phi) is 5.07. The monoisotopic (exact) mass is 344 g/mol. The Hall–Kier alpha value is -2.87. The molecular formula is C16H16N4O3S. The molecule has 124 valence electrons. The van der Waals surface area contributed by atoms with E-state index in [1.165, 1.54) is 0 Å². The Bertz CT molecular complexity index is 801. The van der Waals surface area contributed by atoms with Crippen LogP contribution in [0.4, 0.5) is 0 Å². The first-order valence-corrected chi connectivity index (χ1v) is 8.16. The van der Waals surface area contributed by atoms with Crippen LogP contribution in [0.2, 0.25) is 0 Å². The molecule has 0 aliphatic heterocycles. The molecule has 2 aromatic heterocycles. The van der Waals surface area contributed by atoms with Gasteiger partial charge in [-0.25, -0.2) is 4.68 Å². The number of nitrogens with one attached hydrogen (secondary N) is 1. The van der Waals surface area contributed by atoms with E-state index < -0.39 is 0 Å². The molecule has 0 saturated carbocycles. The van der Waals surface area contributed by atoms with Crippen molar-refractivity contribution in [2.24, 2.45) is 0 Å². The third-order valence-electron chi connectivity index (χ3n) is 3.19. The molecule has 0 atom stereocenters. The second kappa shape index (κ2) is 7.60. The summed E-state index contributed by atoms with van der Waals surface area (Å²) in [5.41, 5.74) is 1.63. The lowest BCUT2D eigenvalue weighted by atomic mass is 10.3. The highest BCUT2D eigenvalue weighted by Crippen LogP contribution is 2.18. The number of methoxy groups -OCH3 is 1. The SMILES string of the molecule is COc1cccc(OCC(=O)NCc2cn(-c3ccsc3)nn2)c1. The molecule has 0 aliphatic rings. The highest BCUT2D eigenvalue weighted by molar-refractivity contribution is 7.08. The van der Waals surface area contributed by atoms with Gasteiger partial charge in [-0.3, -0.25) is 4.79 Å². The van der Waals surface area contributed by atoms with Crippen molar-refractivity contribution in [1.29, 1.82) is 0 Å². The van der Waals surface area contributed by atoms with Gasteiger partial charge in [0.2, 0.25) is 0 Å². The zero-order valence-electron chi connectivity index (χ0n) is 13.0. The average molecular weight is 344 g/mol. The Morgan fingerprint density at radius 3 is 3.00 bits per heavy atom. The number of aromatic nitrogens is 3. The molecule has 3 aromatic rings.